The van der Waals surface area contributed by atoms with Crippen LogP contribution in [0.2, 0.25) is 0 Å². The number of fused-ring (bicyclic) bond motifs is 1. The zero-order valence-electron chi connectivity index (χ0n) is 21.0. The molecule has 2 unspecified atom stereocenters. The molecule has 8 heteroatoms. The van der Waals surface area contributed by atoms with E-state index >= 15 is 0 Å². The summed E-state index contributed by atoms with van der Waals surface area (Å²) in [6.45, 7) is 0. The molecule has 2 atom stereocenters. The summed E-state index contributed by atoms with van der Waals surface area (Å²) in [5.74, 6) is 0.335. The van der Waals surface area contributed by atoms with Crippen molar-refractivity contribution in [2.45, 2.75) is 43.2 Å². The van der Waals surface area contributed by atoms with E-state index in [0.29, 0.717) is 47.8 Å². The fourth-order valence-corrected chi connectivity index (χ4v) is 5.24. The van der Waals surface area contributed by atoms with Crippen molar-refractivity contribution in [3.63, 3.8) is 0 Å². The molecule has 0 aromatic heterocycles. The summed E-state index contributed by atoms with van der Waals surface area (Å²) in [4.78, 5) is 13.7. The fraction of sp³-hybridized carbons (Fsp3) is 0.345. The molecule has 37 heavy (non-hydrogen) atoms. The van der Waals surface area contributed by atoms with Gasteiger partial charge in [0.1, 0.15) is 17.6 Å². The van der Waals surface area contributed by atoms with Crippen LogP contribution in [0.4, 0.5) is 8.78 Å². The zero-order valence-corrected chi connectivity index (χ0v) is 21.0. The monoisotopic (exact) mass is 509 g/mol. The number of carbonyl (C=O) groups excluding carboxylic acids is 1. The molecule has 1 fully saturated rings. The number of methoxy groups -OCH3 is 3. The molecule has 1 aliphatic carbocycles. The highest BCUT2D eigenvalue weighted by atomic mass is 19.2. The minimum absolute atomic E-state index is 0.204. The second kappa shape index (κ2) is 9.92. The van der Waals surface area contributed by atoms with Gasteiger partial charge < -0.3 is 24.3 Å². The molecule has 3 aromatic carbocycles. The Kier molecular flexibility index (Phi) is 6.67. The van der Waals surface area contributed by atoms with Gasteiger partial charge in [0.25, 0.3) is 0 Å². The second-order valence-electron chi connectivity index (χ2n) is 9.45. The predicted molar refractivity (Wildman–Crippen MR) is 133 cm³/mol. The van der Waals surface area contributed by atoms with Crippen LogP contribution in [0.3, 0.4) is 0 Å². The van der Waals surface area contributed by atoms with Crippen LogP contribution in [0, 0.1) is 11.6 Å². The number of nitrogens with one attached hydrogen (secondary N) is 1. The summed E-state index contributed by atoms with van der Waals surface area (Å²) in [7, 11) is 4.73. The molecule has 1 aliphatic heterocycles. The lowest BCUT2D eigenvalue weighted by Crippen LogP contribution is -2.50. The average Bonchev–Trinajstić information content (AvgIpc) is 2.89. The molecule has 0 saturated heterocycles. The smallest absolute Gasteiger partial charge is 0.231 e. The van der Waals surface area contributed by atoms with Crippen LogP contribution in [-0.4, -0.2) is 27.2 Å². The van der Waals surface area contributed by atoms with Crippen LogP contribution >= 0.6 is 0 Å². The third-order valence-electron chi connectivity index (χ3n) is 7.51. The van der Waals surface area contributed by atoms with Gasteiger partial charge in [-0.15, -0.1) is 0 Å². The van der Waals surface area contributed by atoms with Crippen molar-refractivity contribution >= 4 is 5.91 Å². The summed E-state index contributed by atoms with van der Waals surface area (Å²) < 4.78 is 50.3. The Morgan fingerprint density at radius 2 is 1.70 bits per heavy atom. The third kappa shape index (κ3) is 4.45. The van der Waals surface area contributed by atoms with Crippen LogP contribution in [0.1, 0.15) is 54.5 Å². The summed E-state index contributed by atoms with van der Waals surface area (Å²) in [5, 5.41) is 3.21. The molecule has 3 aromatic rings. The van der Waals surface area contributed by atoms with Gasteiger partial charge in [0, 0.05) is 18.1 Å². The quantitative estimate of drug-likeness (QED) is 0.437. The van der Waals surface area contributed by atoms with Crippen molar-refractivity contribution in [1.82, 2.24) is 5.32 Å². The highest BCUT2D eigenvalue weighted by Crippen LogP contribution is 2.47. The Morgan fingerprint density at radius 1 is 0.919 bits per heavy atom. The lowest BCUT2D eigenvalue weighted by molar-refractivity contribution is -0.131. The number of benzene rings is 3. The Morgan fingerprint density at radius 3 is 2.35 bits per heavy atom. The molecular weight excluding hydrogens is 480 g/mol. The van der Waals surface area contributed by atoms with Gasteiger partial charge >= 0.3 is 0 Å². The lowest BCUT2D eigenvalue weighted by Gasteiger charge is -2.42. The molecule has 6 nitrogen and oxygen atoms in total. The van der Waals surface area contributed by atoms with Crippen molar-refractivity contribution in [3.05, 3.63) is 82.9 Å². The summed E-state index contributed by atoms with van der Waals surface area (Å²) in [6, 6.07) is 14.5. The highest BCUT2D eigenvalue weighted by Gasteiger charge is 2.47. The van der Waals surface area contributed by atoms with Crippen LogP contribution in [0.15, 0.2) is 54.6 Å². The lowest BCUT2D eigenvalue weighted by atomic mass is 9.63. The first kappa shape index (κ1) is 24.9. The summed E-state index contributed by atoms with van der Waals surface area (Å²) in [5.41, 5.74) is 1.29. The maximum absolute atomic E-state index is 14.1. The van der Waals surface area contributed by atoms with Gasteiger partial charge in [-0.1, -0.05) is 18.6 Å². The molecule has 0 spiro atoms. The maximum atomic E-state index is 14.1. The minimum atomic E-state index is -0.950. The largest absolute Gasteiger partial charge is 0.497 e. The summed E-state index contributed by atoms with van der Waals surface area (Å²) >= 11 is 0. The van der Waals surface area contributed by atoms with Gasteiger partial charge in [-0.05, 0) is 60.4 Å². The van der Waals surface area contributed by atoms with Crippen LogP contribution < -0.4 is 24.3 Å². The van der Waals surface area contributed by atoms with Gasteiger partial charge in [-0.3, -0.25) is 4.79 Å². The number of rotatable bonds is 7. The summed E-state index contributed by atoms with van der Waals surface area (Å²) in [6.07, 6.45) is 2.06. The number of hydrogen-bond acceptors (Lipinski definition) is 5. The minimum Gasteiger partial charge on any atom is -0.497 e. The standard InChI is InChI=1S/C29H29F2NO5/c1-34-19-7-8-20-23(32-28(33)29(11-4-12-29)18-6-9-21(30)22(31)14-18)16-25(37-26(20)15-19)17-5-10-24(35-2)27(13-17)36-3/h5-10,13-15,23,25H,4,11-12,16H2,1-3H3,(H,32,33). The molecule has 1 amide bonds. The number of carbonyl (C=O) groups is 1. The topological polar surface area (TPSA) is 66.0 Å². The normalized spacial score (nSPS) is 19.6. The molecule has 194 valence electrons. The van der Waals surface area contributed by atoms with E-state index in [4.69, 9.17) is 18.9 Å². The molecule has 5 rings (SSSR count). The van der Waals surface area contributed by atoms with E-state index in [0.717, 1.165) is 29.7 Å². The highest BCUT2D eigenvalue weighted by molar-refractivity contribution is 5.89. The Hall–Kier alpha value is -3.81. The van der Waals surface area contributed by atoms with Gasteiger partial charge in [-0.2, -0.15) is 0 Å². The molecule has 2 aliphatic rings. The van der Waals surface area contributed by atoms with E-state index in [-0.39, 0.29) is 18.1 Å². The molecule has 1 N–H and O–H groups in total. The Labute approximate surface area is 214 Å². The van der Waals surface area contributed by atoms with Gasteiger partial charge in [0.05, 0.1) is 32.8 Å². The maximum Gasteiger partial charge on any atom is 0.231 e. The molecular formula is C29H29F2NO5. The SMILES string of the molecule is COc1ccc2c(c1)OC(c1ccc(OC)c(OC)c1)CC2NC(=O)C1(c2ccc(F)c(F)c2)CCC1. The van der Waals surface area contributed by atoms with E-state index in [1.165, 1.54) is 6.07 Å². The first-order chi connectivity index (χ1) is 17.9. The molecule has 1 heterocycles. The van der Waals surface area contributed by atoms with Crippen molar-refractivity contribution in [2.24, 2.45) is 0 Å². The predicted octanol–water partition coefficient (Wildman–Crippen LogP) is 5.79. The average molecular weight is 510 g/mol. The van der Waals surface area contributed by atoms with E-state index < -0.39 is 17.0 Å². The molecule has 0 radical (unpaired) electrons. The van der Waals surface area contributed by atoms with E-state index in [1.807, 2.05) is 30.3 Å². The fourth-order valence-electron chi connectivity index (χ4n) is 5.24. The zero-order chi connectivity index (χ0) is 26.2. The second-order valence-corrected chi connectivity index (χ2v) is 9.45. The van der Waals surface area contributed by atoms with Gasteiger partial charge in [-0.25, -0.2) is 8.78 Å². The van der Waals surface area contributed by atoms with E-state index in [2.05, 4.69) is 5.32 Å². The van der Waals surface area contributed by atoms with E-state index in [9.17, 15) is 13.6 Å². The van der Waals surface area contributed by atoms with Gasteiger partial charge in [0.15, 0.2) is 23.1 Å². The number of amides is 1. The van der Waals surface area contributed by atoms with E-state index in [1.54, 1.807) is 27.4 Å². The van der Waals surface area contributed by atoms with Crippen molar-refractivity contribution in [3.8, 4) is 23.0 Å². The van der Waals surface area contributed by atoms with Gasteiger partial charge in [0.2, 0.25) is 5.91 Å². The Bertz CT molecular complexity index is 1320. The van der Waals surface area contributed by atoms with Crippen LogP contribution in [-0.2, 0) is 10.2 Å². The van der Waals surface area contributed by atoms with Crippen LogP contribution in [0.25, 0.3) is 0 Å². The number of halogens is 2. The first-order valence-corrected chi connectivity index (χ1v) is 12.2. The first-order valence-electron chi connectivity index (χ1n) is 12.2. The molecule has 0 bridgehead atoms. The van der Waals surface area contributed by atoms with Crippen molar-refractivity contribution in [2.75, 3.05) is 21.3 Å². The van der Waals surface area contributed by atoms with Crippen LogP contribution in [0.5, 0.6) is 23.0 Å². The van der Waals surface area contributed by atoms with Crippen molar-refractivity contribution < 1.29 is 32.5 Å². The third-order valence-corrected chi connectivity index (χ3v) is 7.51. The Balaban J connectivity index is 1.48. The number of hydrogen-bond donors (Lipinski definition) is 1. The number of ether oxygens (including phenoxy) is 4. The van der Waals surface area contributed by atoms with Crippen molar-refractivity contribution in [1.29, 1.82) is 0 Å². The molecule has 1 saturated carbocycles.